The molecule has 0 aromatic heterocycles. The van der Waals surface area contributed by atoms with Crippen LogP contribution in [0.25, 0.3) is 0 Å². The minimum Gasteiger partial charge on any atom is -0.206 e. The number of benzene rings is 1. The molecule has 1 nitrogen and oxygen atoms in total. The maximum atomic E-state index is 13.3. The Morgan fingerprint density at radius 3 is 2.57 bits per heavy atom. The molecular formula is C12H12FN. The Kier molecular flexibility index (Phi) is 2.03. The van der Waals surface area contributed by atoms with Gasteiger partial charge < -0.3 is 0 Å². The van der Waals surface area contributed by atoms with Gasteiger partial charge in [0.1, 0.15) is 11.9 Å². The fourth-order valence-corrected chi connectivity index (χ4v) is 1.98. The molecule has 0 unspecified atom stereocenters. The van der Waals surface area contributed by atoms with Crippen molar-refractivity contribution in [2.24, 2.45) is 0 Å². The molecule has 2 rings (SSSR count). The predicted molar refractivity (Wildman–Crippen MR) is 52.3 cm³/mol. The predicted octanol–water partition coefficient (Wildman–Crippen LogP) is 3.14. The zero-order valence-corrected chi connectivity index (χ0v) is 8.18. The van der Waals surface area contributed by atoms with Crippen LogP contribution in [0.15, 0.2) is 18.2 Å². The average molecular weight is 189 g/mol. The molecule has 1 aromatic rings. The highest BCUT2D eigenvalue weighted by Crippen LogP contribution is 2.43. The quantitative estimate of drug-likeness (QED) is 0.665. The largest absolute Gasteiger partial charge is 0.206 e. The van der Waals surface area contributed by atoms with E-state index in [1.165, 1.54) is 12.5 Å². The van der Waals surface area contributed by atoms with E-state index >= 15 is 0 Å². The summed E-state index contributed by atoms with van der Waals surface area (Å²) in [6, 6.07) is 6.80. The Balaban J connectivity index is 2.38. The first kappa shape index (κ1) is 9.21. The third kappa shape index (κ3) is 1.29. The lowest BCUT2D eigenvalue weighted by Gasteiger charge is -2.39. The van der Waals surface area contributed by atoms with Crippen LogP contribution in [-0.4, -0.2) is 0 Å². The van der Waals surface area contributed by atoms with Crippen LogP contribution in [0.4, 0.5) is 4.39 Å². The van der Waals surface area contributed by atoms with Crippen molar-refractivity contribution < 1.29 is 4.39 Å². The topological polar surface area (TPSA) is 23.8 Å². The van der Waals surface area contributed by atoms with Crippen molar-refractivity contribution >= 4 is 0 Å². The second-order valence-electron chi connectivity index (χ2n) is 4.22. The van der Waals surface area contributed by atoms with Gasteiger partial charge in [-0.15, -0.1) is 0 Å². The normalized spacial score (nSPS) is 18.4. The first-order valence-electron chi connectivity index (χ1n) is 4.86. The molecule has 0 saturated heterocycles. The third-order valence-electron chi connectivity index (χ3n) is 3.24. The van der Waals surface area contributed by atoms with Crippen molar-refractivity contribution in [3.8, 4) is 6.07 Å². The maximum Gasteiger partial charge on any atom is 0.141 e. The first-order chi connectivity index (χ1) is 6.65. The Morgan fingerprint density at radius 2 is 2.14 bits per heavy atom. The van der Waals surface area contributed by atoms with Crippen LogP contribution in [-0.2, 0) is 5.41 Å². The minimum absolute atomic E-state index is 0.136. The monoisotopic (exact) mass is 189 g/mol. The van der Waals surface area contributed by atoms with Crippen molar-refractivity contribution in [1.29, 1.82) is 5.26 Å². The number of hydrogen-bond donors (Lipinski definition) is 0. The number of rotatable bonds is 1. The summed E-state index contributed by atoms with van der Waals surface area (Å²) in [5, 5.41) is 8.59. The van der Waals surface area contributed by atoms with Gasteiger partial charge in [0.05, 0.1) is 5.56 Å². The van der Waals surface area contributed by atoms with E-state index in [2.05, 4.69) is 6.92 Å². The fraction of sp³-hybridized carbons (Fsp3) is 0.417. The van der Waals surface area contributed by atoms with Gasteiger partial charge in [0.2, 0.25) is 0 Å². The Hall–Kier alpha value is -1.36. The highest BCUT2D eigenvalue weighted by atomic mass is 19.1. The van der Waals surface area contributed by atoms with E-state index in [0.29, 0.717) is 0 Å². The highest BCUT2D eigenvalue weighted by Gasteiger charge is 2.33. The van der Waals surface area contributed by atoms with Crippen LogP contribution in [0, 0.1) is 17.1 Å². The van der Waals surface area contributed by atoms with Gasteiger partial charge in [0, 0.05) is 0 Å². The second kappa shape index (κ2) is 3.09. The number of halogens is 1. The SMILES string of the molecule is CC1(c2ccc(C#N)c(F)c2)CCC1. The lowest BCUT2D eigenvalue weighted by atomic mass is 9.66. The molecule has 1 aromatic carbocycles. The average Bonchev–Trinajstić information content (AvgIpc) is 2.14. The summed E-state index contributed by atoms with van der Waals surface area (Å²) in [5.41, 5.74) is 1.31. The zero-order chi connectivity index (χ0) is 10.2. The lowest BCUT2D eigenvalue weighted by molar-refractivity contribution is 0.271. The molecule has 0 atom stereocenters. The van der Waals surface area contributed by atoms with Gasteiger partial charge in [0.25, 0.3) is 0 Å². The molecule has 0 heterocycles. The van der Waals surface area contributed by atoms with Crippen LogP contribution in [0.2, 0.25) is 0 Å². The van der Waals surface area contributed by atoms with Gasteiger partial charge >= 0.3 is 0 Å². The van der Waals surface area contributed by atoms with Crippen molar-refractivity contribution in [2.45, 2.75) is 31.6 Å². The molecule has 0 spiro atoms. The number of nitriles is 1. The molecule has 0 aliphatic heterocycles. The van der Waals surface area contributed by atoms with Gasteiger partial charge in [0.15, 0.2) is 0 Å². The summed E-state index contributed by atoms with van der Waals surface area (Å²) in [5.74, 6) is -0.391. The molecule has 1 aliphatic rings. The van der Waals surface area contributed by atoms with Gasteiger partial charge in [-0.2, -0.15) is 5.26 Å². The Bertz CT molecular complexity index is 399. The molecule has 1 fully saturated rings. The zero-order valence-electron chi connectivity index (χ0n) is 8.18. The van der Waals surface area contributed by atoms with Crippen LogP contribution < -0.4 is 0 Å². The molecule has 14 heavy (non-hydrogen) atoms. The molecule has 1 aliphatic carbocycles. The van der Waals surface area contributed by atoms with E-state index in [-0.39, 0.29) is 11.0 Å². The van der Waals surface area contributed by atoms with E-state index < -0.39 is 5.82 Å². The summed E-state index contributed by atoms with van der Waals surface area (Å²) < 4.78 is 13.3. The maximum absolute atomic E-state index is 13.3. The summed E-state index contributed by atoms with van der Waals surface area (Å²) in [6.45, 7) is 2.15. The summed E-state index contributed by atoms with van der Waals surface area (Å²) in [4.78, 5) is 0. The van der Waals surface area contributed by atoms with Crippen molar-refractivity contribution in [1.82, 2.24) is 0 Å². The van der Waals surface area contributed by atoms with E-state index in [4.69, 9.17) is 5.26 Å². The Labute approximate surface area is 83.2 Å². The van der Waals surface area contributed by atoms with E-state index in [9.17, 15) is 4.39 Å². The smallest absolute Gasteiger partial charge is 0.141 e. The molecule has 0 N–H and O–H groups in total. The van der Waals surface area contributed by atoms with Gasteiger partial charge in [-0.25, -0.2) is 4.39 Å². The molecule has 0 amide bonds. The standard InChI is InChI=1S/C12H12FN/c1-12(5-2-6-12)10-4-3-9(8-14)11(13)7-10/h3-4,7H,2,5-6H2,1H3. The minimum atomic E-state index is -0.391. The van der Waals surface area contributed by atoms with E-state index in [1.54, 1.807) is 6.07 Å². The molecule has 0 bridgehead atoms. The Morgan fingerprint density at radius 1 is 1.43 bits per heavy atom. The van der Waals surface area contributed by atoms with E-state index in [0.717, 1.165) is 18.4 Å². The molecule has 1 saturated carbocycles. The third-order valence-corrected chi connectivity index (χ3v) is 3.24. The van der Waals surface area contributed by atoms with Crippen molar-refractivity contribution in [3.63, 3.8) is 0 Å². The van der Waals surface area contributed by atoms with Crippen LogP contribution in [0.5, 0.6) is 0 Å². The molecular weight excluding hydrogens is 177 g/mol. The van der Waals surface area contributed by atoms with Gasteiger partial charge in [-0.1, -0.05) is 19.4 Å². The highest BCUT2D eigenvalue weighted by molar-refractivity contribution is 5.37. The van der Waals surface area contributed by atoms with E-state index in [1.807, 2.05) is 12.1 Å². The molecule has 0 radical (unpaired) electrons. The summed E-state index contributed by atoms with van der Waals surface area (Å²) >= 11 is 0. The fourth-order valence-electron chi connectivity index (χ4n) is 1.98. The summed E-state index contributed by atoms with van der Waals surface area (Å²) in [6.07, 6.45) is 3.47. The van der Waals surface area contributed by atoms with Crippen molar-refractivity contribution in [2.75, 3.05) is 0 Å². The lowest BCUT2D eigenvalue weighted by Crippen LogP contribution is -2.30. The number of nitrogens with zero attached hydrogens (tertiary/aromatic N) is 1. The number of hydrogen-bond acceptors (Lipinski definition) is 1. The molecule has 2 heteroatoms. The van der Waals surface area contributed by atoms with Gasteiger partial charge in [-0.3, -0.25) is 0 Å². The first-order valence-corrected chi connectivity index (χ1v) is 4.86. The second-order valence-corrected chi connectivity index (χ2v) is 4.22. The van der Waals surface area contributed by atoms with Crippen LogP contribution in [0.3, 0.4) is 0 Å². The van der Waals surface area contributed by atoms with Crippen molar-refractivity contribution in [3.05, 3.63) is 35.1 Å². The molecule has 72 valence electrons. The van der Waals surface area contributed by atoms with Crippen LogP contribution in [0.1, 0.15) is 37.3 Å². The summed E-state index contributed by atoms with van der Waals surface area (Å²) in [7, 11) is 0. The van der Waals surface area contributed by atoms with Gasteiger partial charge in [-0.05, 0) is 36.0 Å². The van der Waals surface area contributed by atoms with Crippen LogP contribution >= 0.6 is 0 Å².